The summed E-state index contributed by atoms with van der Waals surface area (Å²) >= 11 is 0. The van der Waals surface area contributed by atoms with Gasteiger partial charge in [0, 0.05) is 23.9 Å². The molecule has 18 heavy (non-hydrogen) atoms. The number of halogens is 5. The van der Waals surface area contributed by atoms with E-state index >= 15 is 0 Å². The average Bonchev–Trinajstić information content (AvgIpc) is 2.26. The molecule has 2 N–H and O–H groups in total. The van der Waals surface area contributed by atoms with Gasteiger partial charge in [0.05, 0.1) is 12.5 Å². The highest BCUT2D eigenvalue weighted by Crippen LogP contribution is 2.36. The minimum Gasteiger partial charge on any atom is -0.326 e. The molecule has 3 nitrogen and oxygen atoms in total. The highest BCUT2D eigenvalue weighted by molar-refractivity contribution is 5.40. The SMILES string of the molecule is N#CCc1c(C(F)(F)F)ncc(CN)c1C(F)F. The van der Waals surface area contributed by atoms with E-state index in [0.717, 1.165) is 0 Å². The number of aromatic nitrogens is 1. The van der Waals surface area contributed by atoms with E-state index in [9.17, 15) is 22.0 Å². The first kappa shape index (κ1) is 14.3. The summed E-state index contributed by atoms with van der Waals surface area (Å²) in [5.74, 6) is 0. The molecule has 0 aliphatic heterocycles. The summed E-state index contributed by atoms with van der Waals surface area (Å²) in [6.45, 7) is -0.372. The van der Waals surface area contributed by atoms with E-state index in [1.165, 1.54) is 6.07 Å². The van der Waals surface area contributed by atoms with Gasteiger partial charge in [-0.25, -0.2) is 8.78 Å². The van der Waals surface area contributed by atoms with Crippen molar-refractivity contribution < 1.29 is 22.0 Å². The quantitative estimate of drug-likeness (QED) is 0.854. The Morgan fingerprint density at radius 1 is 1.39 bits per heavy atom. The summed E-state index contributed by atoms with van der Waals surface area (Å²) in [6.07, 6.45) is -8.15. The molecule has 0 saturated carbocycles. The van der Waals surface area contributed by atoms with Crippen LogP contribution in [-0.2, 0) is 19.1 Å². The predicted molar refractivity (Wildman–Crippen MR) is 51.4 cm³/mol. The lowest BCUT2D eigenvalue weighted by atomic mass is 9.98. The van der Waals surface area contributed by atoms with Crippen LogP contribution >= 0.6 is 0 Å². The van der Waals surface area contributed by atoms with Crippen molar-refractivity contribution in [3.63, 3.8) is 0 Å². The second-order valence-corrected chi connectivity index (χ2v) is 3.36. The topological polar surface area (TPSA) is 62.7 Å². The minimum absolute atomic E-state index is 0.191. The fraction of sp³-hybridized carbons (Fsp3) is 0.400. The number of hydrogen-bond acceptors (Lipinski definition) is 3. The number of nitriles is 1. The van der Waals surface area contributed by atoms with Gasteiger partial charge in [-0.05, 0) is 5.56 Å². The molecule has 0 unspecified atom stereocenters. The highest BCUT2D eigenvalue weighted by Gasteiger charge is 2.38. The van der Waals surface area contributed by atoms with Gasteiger partial charge in [-0.2, -0.15) is 18.4 Å². The van der Waals surface area contributed by atoms with E-state index in [-0.39, 0.29) is 12.1 Å². The van der Waals surface area contributed by atoms with Crippen molar-refractivity contribution in [1.82, 2.24) is 4.98 Å². The first-order chi connectivity index (χ1) is 8.32. The number of rotatable bonds is 3. The Labute approximate surface area is 99.0 Å². The smallest absolute Gasteiger partial charge is 0.326 e. The fourth-order valence-electron chi connectivity index (χ4n) is 1.55. The van der Waals surface area contributed by atoms with Gasteiger partial charge in [0.15, 0.2) is 0 Å². The van der Waals surface area contributed by atoms with Crippen molar-refractivity contribution >= 4 is 0 Å². The summed E-state index contributed by atoms with van der Waals surface area (Å²) in [6, 6.07) is 1.43. The van der Waals surface area contributed by atoms with Crippen molar-refractivity contribution in [2.75, 3.05) is 0 Å². The zero-order chi connectivity index (χ0) is 13.9. The van der Waals surface area contributed by atoms with Gasteiger partial charge in [-0.3, -0.25) is 4.98 Å². The Morgan fingerprint density at radius 2 is 2.00 bits per heavy atom. The summed E-state index contributed by atoms with van der Waals surface area (Å²) < 4.78 is 63.4. The Hall–Kier alpha value is -1.75. The first-order valence-corrected chi connectivity index (χ1v) is 4.76. The lowest BCUT2D eigenvalue weighted by Crippen LogP contribution is -2.17. The molecule has 1 heterocycles. The van der Waals surface area contributed by atoms with Gasteiger partial charge >= 0.3 is 6.18 Å². The molecule has 0 amide bonds. The van der Waals surface area contributed by atoms with E-state index in [1.54, 1.807) is 0 Å². The predicted octanol–water partition coefficient (Wildman–Crippen LogP) is 2.56. The van der Waals surface area contributed by atoms with E-state index in [0.29, 0.717) is 6.20 Å². The van der Waals surface area contributed by atoms with Crippen molar-refractivity contribution in [1.29, 1.82) is 5.26 Å². The van der Waals surface area contributed by atoms with Crippen LogP contribution in [0.2, 0.25) is 0 Å². The van der Waals surface area contributed by atoms with Crippen LogP contribution in [0.25, 0.3) is 0 Å². The summed E-state index contributed by atoms with van der Waals surface area (Å²) in [4.78, 5) is 3.09. The molecule has 1 aromatic rings. The van der Waals surface area contributed by atoms with Gasteiger partial charge in [-0.15, -0.1) is 0 Å². The summed E-state index contributed by atoms with van der Waals surface area (Å²) in [5, 5.41) is 8.46. The number of pyridine rings is 1. The van der Waals surface area contributed by atoms with Gasteiger partial charge in [0.25, 0.3) is 6.43 Å². The molecule has 0 fully saturated rings. The zero-order valence-corrected chi connectivity index (χ0v) is 8.93. The van der Waals surface area contributed by atoms with Crippen molar-refractivity contribution in [2.24, 2.45) is 5.73 Å². The molecule has 1 aromatic heterocycles. The average molecular weight is 265 g/mol. The van der Waals surface area contributed by atoms with Crippen LogP contribution in [0.4, 0.5) is 22.0 Å². The molecule has 1 rings (SSSR count). The Kier molecular flexibility index (Phi) is 4.19. The highest BCUT2D eigenvalue weighted by atomic mass is 19.4. The van der Waals surface area contributed by atoms with Crippen LogP contribution in [0.1, 0.15) is 28.8 Å². The molecule has 0 atom stereocenters. The Bertz CT molecular complexity index is 476. The maximum absolute atomic E-state index is 12.8. The number of alkyl halides is 5. The van der Waals surface area contributed by atoms with E-state index in [4.69, 9.17) is 11.0 Å². The molecule has 0 saturated heterocycles. The van der Waals surface area contributed by atoms with Crippen LogP contribution in [0.5, 0.6) is 0 Å². The molecule has 0 aromatic carbocycles. The van der Waals surface area contributed by atoms with Crippen LogP contribution in [0.15, 0.2) is 6.20 Å². The second kappa shape index (κ2) is 5.27. The lowest BCUT2D eigenvalue weighted by molar-refractivity contribution is -0.141. The molecule has 0 bridgehead atoms. The molecular weight excluding hydrogens is 257 g/mol. The van der Waals surface area contributed by atoms with Crippen LogP contribution < -0.4 is 5.73 Å². The number of nitrogens with two attached hydrogens (primary N) is 1. The van der Waals surface area contributed by atoms with E-state index in [2.05, 4.69) is 4.98 Å². The molecule has 98 valence electrons. The molecule has 0 aliphatic carbocycles. The maximum Gasteiger partial charge on any atom is 0.433 e. The molecular formula is C10H8F5N3. The van der Waals surface area contributed by atoms with Gasteiger partial charge < -0.3 is 5.73 Å². The van der Waals surface area contributed by atoms with Crippen LogP contribution in [-0.4, -0.2) is 4.98 Å². The minimum atomic E-state index is -4.89. The monoisotopic (exact) mass is 265 g/mol. The first-order valence-electron chi connectivity index (χ1n) is 4.76. The lowest BCUT2D eigenvalue weighted by Gasteiger charge is -2.16. The van der Waals surface area contributed by atoms with E-state index < -0.39 is 35.8 Å². The third-order valence-corrected chi connectivity index (χ3v) is 2.27. The molecule has 0 aliphatic rings. The van der Waals surface area contributed by atoms with Gasteiger partial charge in [-0.1, -0.05) is 0 Å². The molecule has 0 spiro atoms. The number of nitrogens with zero attached hydrogens (tertiary/aromatic N) is 2. The van der Waals surface area contributed by atoms with Gasteiger partial charge in [0.1, 0.15) is 5.69 Å². The molecule has 8 heteroatoms. The van der Waals surface area contributed by atoms with Crippen molar-refractivity contribution in [3.05, 3.63) is 28.6 Å². The largest absolute Gasteiger partial charge is 0.433 e. The standard InChI is InChI=1S/C10H8F5N3/c11-9(12)7-5(3-17)4-18-8(10(13,14)15)6(7)1-2-16/h4,9H,1,3,17H2. The maximum atomic E-state index is 12.8. The van der Waals surface area contributed by atoms with Crippen molar-refractivity contribution in [2.45, 2.75) is 25.6 Å². The van der Waals surface area contributed by atoms with Gasteiger partial charge in [0.2, 0.25) is 0 Å². The zero-order valence-electron chi connectivity index (χ0n) is 8.93. The van der Waals surface area contributed by atoms with Crippen LogP contribution in [0, 0.1) is 11.3 Å². The normalized spacial score (nSPS) is 11.7. The van der Waals surface area contributed by atoms with Crippen LogP contribution in [0.3, 0.4) is 0 Å². The summed E-state index contributed by atoms with van der Waals surface area (Å²) in [7, 11) is 0. The third-order valence-electron chi connectivity index (χ3n) is 2.27. The number of hydrogen-bond donors (Lipinski definition) is 1. The molecule has 0 radical (unpaired) electrons. The summed E-state index contributed by atoms with van der Waals surface area (Å²) in [5.41, 5.74) is 1.87. The third kappa shape index (κ3) is 2.73. The Balaban J connectivity index is 3.58. The van der Waals surface area contributed by atoms with E-state index in [1.807, 2.05) is 0 Å². The Morgan fingerprint density at radius 3 is 2.39 bits per heavy atom. The second-order valence-electron chi connectivity index (χ2n) is 3.36. The fourth-order valence-corrected chi connectivity index (χ4v) is 1.55. The van der Waals surface area contributed by atoms with Crippen molar-refractivity contribution in [3.8, 4) is 6.07 Å².